The zero-order valence-corrected chi connectivity index (χ0v) is 14.5. The van der Waals surface area contributed by atoms with E-state index in [4.69, 9.17) is 4.99 Å². The molecule has 124 valence electrons. The Morgan fingerprint density at radius 1 is 1.16 bits per heavy atom. The molecule has 0 amide bonds. The van der Waals surface area contributed by atoms with Gasteiger partial charge in [-0.1, -0.05) is 15.8 Å². The van der Waals surface area contributed by atoms with Gasteiger partial charge in [-0.3, -0.25) is 0 Å². The molecule has 5 heterocycles. The normalized spacial score (nSPS) is 17.3. The number of rotatable bonds is 4. The minimum absolute atomic E-state index is 0.456. The van der Waals surface area contributed by atoms with Crippen LogP contribution in [0, 0.1) is 0 Å². The highest BCUT2D eigenvalue weighted by molar-refractivity contribution is 7.11. The molecule has 0 saturated carbocycles. The van der Waals surface area contributed by atoms with Crippen LogP contribution in [0.5, 0.6) is 0 Å². The van der Waals surface area contributed by atoms with Gasteiger partial charge in [-0.05, 0) is 23.1 Å². The van der Waals surface area contributed by atoms with Crippen LogP contribution in [0.15, 0.2) is 27.6 Å². The number of hydrogen-bond acceptors (Lipinski definition) is 14. The van der Waals surface area contributed by atoms with E-state index >= 15 is 0 Å². The first-order chi connectivity index (χ1) is 12.4. The van der Waals surface area contributed by atoms with Crippen LogP contribution >= 0.6 is 34.4 Å². The van der Waals surface area contributed by atoms with Gasteiger partial charge in [0.05, 0.1) is 11.6 Å². The fourth-order valence-electron chi connectivity index (χ4n) is 2.32. The Labute approximate surface area is 151 Å². The van der Waals surface area contributed by atoms with Gasteiger partial charge in [-0.2, -0.15) is 24.8 Å². The number of anilines is 2. The molecule has 1 aliphatic rings. The standard InChI is InChI=1S/C10H6N12S3/c1-5(15-19-12-1)7-14-8(9-17-13-4-23-9)22(10-11-3-25-18-10)21(7)6-2-24-20-16-6/h1-4,7H,(H,12,15,19). The van der Waals surface area contributed by atoms with E-state index in [2.05, 4.69) is 44.6 Å². The SMILES string of the molecule is c1nc(N2C(c3nncs3)=NC(c3cn[nH]n3)N2c2csnn2)ns1. The number of amidine groups is 1. The van der Waals surface area contributed by atoms with E-state index in [1.807, 2.05) is 5.38 Å². The summed E-state index contributed by atoms with van der Waals surface area (Å²) < 4.78 is 8.29. The monoisotopic (exact) mass is 390 g/mol. The summed E-state index contributed by atoms with van der Waals surface area (Å²) in [6.07, 6.45) is 1.10. The maximum absolute atomic E-state index is 4.76. The second-order valence-electron chi connectivity index (χ2n) is 4.62. The minimum Gasteiger partial charge on any atom is -0.230 e. The zero-order valence-electron chi connectivity index (χ0n) is 12.0. The average Bonchev–Trinajstić information content (AvgIpc) is 3.48. The van der Waals surface area contributed by atoms with Crippen LogP contribution in [0.1, 0.15) is 16.9 Å². The van der Waals surface area contributed by atoms with E-state index in [0.717, 1.165) is 0 Å². The summed E-state index contributed by atoms with van der Waals surface area (Å²) in [5.74, 6) is 1.61. The van der Waals surface area contributed by atoms with Crippen molar-refractivity contribution in [3.05, 3.63) is 33.3 Å². The lowest BCUT2D eigenvalue weighted by molar-refractivity contribution is 0.667. The zero-order chi connectivity index (χ0) is 16.6. The molecule has 4 aromatic heterocycles. The molecular weight excluding hydrogens is 384 g/mol. The van der Waals surface area contributed by atoms with Crippen LogP contribution in [-0.4, -0.2) is 50.4 Å². The Morgan fingerprint density at radius 3 is 2.84 bits per heavy atom. The highest BCUT2D eigenvalue weighted by Crippen LogP contribution is 2.37. The lowest BCUT2D eigenvalue weighted by Gasteiger charge is -2.29. The maximum atomic E-state index is 4.76. The number of hydrazine groups is 1. The van der Waals surface area contributed by atoms with Crippen LogP contribution in [0.4, 0.5) is 11.8 Å². The van der Waals surface area contributed by atoms with E-state index in [1.54, 1.807) is 27.2 Å². The second kappa shape index (κ2) is 5.87. The molecule has 0 aliphatic carbocycles. The van der Waals surface area contributed by atoms with Crippen molar-refractivity contribution in [2.75, 3.05) is 10.0 Å². The second-order valence-corrected chi connectivity index (χ2v) is 6.66. The molecule has 5 rings (SSSR count). The van der Waals surface area contributed by atoms with Crippen molar-refractivity contribution in [3.8, 4) is 0 Å². The third-order valence-corrected chi connectivity index (χ3v) is 4.91. The van der Waals surface area contributed by atoms with E-state index in [1.165, 1.54) is 34.4 Å². The number of nitrogens with one attached hydrogen (secondary N) is 1. The quantitative estimate of drug-likeness (QED) is 0.531. The van der Waals surface area contributed by atoms with Crippen molar-refractivity contribution < 1.29 is 0 Å². The first kappa shape index (κ1) is 14.4. The van der Waals surface area contributed by atoms with Crippen molar-refractivity contribution in [2.45, 2.75) is 6.17 Å². The number of H-pyrrole nitrogens is 1. The van der Waals surface area contributed by atoms with Gasteiger partial charge in [0.1, 0.15) is 16.7 Å². The molecule has 0 bridgehead atoms. The Kier molecular flexibility index (Phi) is 3.39. The van der Waals surface area contributed by atoms with E-state index in [9.17, 15) is 0 Å². The molecule has 1 N–H and O–H groups in total. The molecule has 1 aliphatic heterocycles. The predicted molar refractivity (Wildman–Crippen MR) is 90.3 cm³/mol. The molecule has 1 atom stereocenters. The highest BCUT2D eigenvalue weighted by Gasteiger charge is 2.42. The molecule has 12 nitrogen and oxygen atoms in total. The van der Waals surface area contributed by atoms with Crippen LogP contribution in [0.2, 0.25) is 0 Å². The van der Waals surface area contributed by atoms with Gasteiger partial charge in [-0.25, -0.2) is 15.0 Å². The fourth-order valence-corrected chi connectivity index (χ4v) is 3.68. The third-order valence-electron chi connectivity index (χ3n) is 3.26. The van der Waals surface area contributed by atoms with Crippen molar-refractivity contribution in [1.29, 1.82) is 0 Å². The van der Waals surface area contributed by atoms with Gasteiger partial charge in [0, 0.05) is 0 Å². The Bertz CT molecular complexity index is 961. The molecule has 15 heteroatoms. The van der Waals surface area contributed by atoms with Crippen molar-refractivity contribution in [1.82, 2.24) is 44.6 Å². The number of aromatic nitrogens is 9. The van der Waals surface area contributed by atoms with Crippen molar-refractivity contribution in [3.63, 3.8) is 0 Å². The topological polar surface area (TPSA) is 138 Å². The molecule has 0 aromatic carbocycles. The molecule has 0 fully saturated rings. The average molecular weight is 390 g/mol. The summed E-state index contributed by atoms with van der Waals surface area (Å²) in [7, 11) is 0. The first-order valence-corrected chi connectivity index (χ1v) is 9.30. The summed E-state index contributed by atoms with van der Waals surface area (Å²) in [4.78, 5) is 9.08. The molecule has 0 spiro atoms. The molecule has 25 heavy (non-hydrogen) atoms. The van der Waals surface area contributed by atoms with Gasteiger partial charge in [0.25, 0.3) is 5.95 Å². The van der Waals surface area contributed by atoms with Gasteiger partial charge in [0.2, 0.25) is 0 Å². The minimum atomic E-state index is -0.509. The van der Waals surface area contributed by atoms with E-state index in [0.29, 0.717) is 28.3 Å². The van der Waals surface area contributed by atoms with E-state index in [-0.39, 0.29) is 0 Å². The fraction of sp³-hybridized carbons (Fsp3) is 0.100. The summed E-state index contributed by atoms with van der Waals surface area (Å²) in [6.45, 7) is 0. The summed E-state index contributed by atoms with van der Waals surface area (Å²) in [5, 5.41) is 28.8. The first-order valence-electron chi connectivity index (χ1n) is 6.74. The molecule has 0 saturated heterocycles. The smallest absolute Gasteiger partial charge is 0.230 e. The number of nitrogens with zero attached hydrogens (tertiary/aromatic N) is 11. The van der Waals surface area contributed by atoms with Crippen LogP contribution in [0.3, 0.4) is 0 Å². The lowest BCUT2D eigenvalue weighted by atomic mass is 10.3. The van der Waals surface area contributed by atoms with Gasteiger partial charge in [0.15, 0.2) is 22.8 Å². The molecular formula is C10H6N12S3. The highest BCUT2D eigenvalue weighted by atomic mass is 32.1. The molecule has 0 radical (unpaired) electrons. The number of aliphatic imine (C=N–C) groups is 1. The number of aromatic amines is 1. The summed E-state index contributed by atoms with van der Waals surface area (Å²) >= 11 is 3.84. The Morgan fingerprint density at radius 2 is 2.16 bits per heavy atom. The summed E-state index contributed by atoms with van der Waals surface area (Å²) in [5.41, 5.74) is 3.91. The molecule has 4 aromatic rings. The van der Waals surface area contributed by atoms with Crippen molar-refractivity contribution in [2.24, 2.45) is 4.99 Å². The van der Waals surface area contributed by atoms with Crippen LogP contribution in [-0.2, 0) is 0 Å². The largest absolute Gasteiger partial charge is 0.262 e. The van der Waals surface area contributed by atoms with Gasteiger partial charge >= 0.3 is 0 Å². The Hall–Kier alpha value is -2.91. The van der Waals surface area contributed by atoms with Gasteiger partial charge in [-0.15, -0.1) is 15.3 Å². The van der Waals surface area contributed by atoms with E-state index < -0.39 is 6.17 Å². The van der Waals surface area contributed by atoms with Crippen LogP contribution in [0.25, 0.3) is 0 Å². The Balaban J connectivity index is 1.70. The predicted octanol–water partition coefficient (Wildman–Crippen LogP) is 0.746. The van der Waals surface area contributed by atoms with Crippen molar-refractivity contribution >= 4 is 52.0 Å². The van der Waals surface area contributed by atoms with Gasteiger partial charge < -0.3 is 0 Å². The summed E-state index contributed by atoms with van der Waals surface area (Å²) in [6, 6.07) is 0. The number of hydrogen-bond donors (Lipinski definition) is 1. The maximum Gasteiger partial charge on any atom is 0.262 e. The lowest BCUT2D eigenvalue weighted by Crippen LogP contribution is -2.44. The van der Waals surface area contributed by atoms with Crippen LogP contribution < -0.4 is 10.0 Å². The molecule has 1 unspecified atom stereocenters. The third kappa shape index (κ3) is 2.36.